The lowest BCUT2D eigenvalue weighted by Crippen LogP contribution is -2.18. The van der Waals surface area contributed by atoms with Crippen LogP contribution < -0.4 is 10.1 Å². The third kappa shape index (κ3) is 4.30. The molecule has 0 bridgehead atoms. The van der Waals surface area contributed by atoms with E-state index in [1.165, 1.54) is 19.2 Å². The number of amides is 1. The Morgan fingerprint density at radius 1 is 1.09 bits per heavy atom. The second kappa shape index (κ2) is 9.22. The molecule has 1 amide bonds. The molecule has 0 radical (unpaired) electrons. The summed E-state index contributed by atoms with van der Waals surface area (Å²) in [5.74, 6) is -1.00. The van der Waals surface area contributed by atoms with E-state index in [2.05, 4.69) is 5.32 Å². The van der Waals surface area contributed by atoms with E-state index in [1.807, 2.05) is 29.5 Å². The van der Waals surface area contributed by atoms with Gasteiger partial charge in [0.1, 0.15) is 22.9 Å². The van der Waals surface area contributed by atoms with E-state index >= 15 is 0 Å². The summed E-state index contributed by atoms with van der Waals surface area (Å²) in [5, 5.41) is 12.7. The lowest BCUT2D eigenvalue weighted by Gasteiger charge is -2.12. The van der Waals surface area contributed by atoms with Crippen molar-refractivity contribution in [1.82, 2.24) is 5.32 Å². The van der Waals surface area contributed by atoms with Gasteiger partial charge in [0.2, 0.25) is 0 Å². The Bertz CT molecular complexity index is 1380. The number of halogens is 2. The quantitative estimate of drug-likeness (QED) is 0.285. The van der Waals surface area contributed by atoms with Crippen molar-refractivity contribution in [3.05, 3.63) is 75.1 Å². The monoisotopic (exact) mass is 559 g/mol. The molecule has 0 aliphatic rings. The Kier molecular flexibility index (Phi) is 6.37. The zero-order valence-electron chi connectivity index (χ0n) is 17.7. The maximum atomic E-state index is 13.5. The maximum absolute atomic E-state index is 13.5. The summed E-state index contributed by atoms with van der Waals surface area (Å²) >= 11 is 1.98. The number of benzene rings is 3. The minimum absolute atomic E-state index is 0.168. The summed E-state index contributed by atoms with van der Waals surface area (Å²) in [4.78, 5) is 24.5. The Labute approximate surface area is 202 Å². The molecule has 0 fully saturated rings. The van der Waals surface area contributed by atoms with Crippen molar-refractivity contribution >= 4 is 45.4 Å². The molecule has 3 aromatic carbocycles. The van der Waals surface area contributed by atoms with Crippen LogP contribution in [0.3, 0.4) is 0 Å². The van der Waals surface area contributed by atoms with Crippen LogP contribution in [0.4, 0.5) is 4.39 Å². The number of rotatable bonds is 6. The van der Waals surface area contributed by atoms with Crippen LogP contribution in [-0.2, 0) is 0 Å². The van der Waals surface area contributed by atoms with E-state index in [-0.39, 0.29) is 11.5 Å². The molecule has 0 aliphatic heterocycles. The van der Waals surface area contributed by atoms with Crippen LogP contribution in [-0.4, -0.2) is 30.6 Å². The number of furan rings is 1. The molecule has 0 saturated carbocycles. The third-order valence-electron chi connectivity index (χ3n) is 5.16. The van der Waals surface area contributed by atoms with Crippen LogP contribution in [0.25, 0.3) is 33.4 Å². The lowest BCUT2D eigenvalue weighted by molar-refractivity contribution is 0.0695. The standard InChI is InChI=1S/C25H19FINO5/c1-3-32-20-12-21-18(11-16(20)14-6-9-19(27)17(10-14)25(30)31)22(24(29)28-2)23(33-21)13-4-7-15(26)8-5-13/h4-12H,3H2,1-2H3,(H,28,29)(H,30,31). The molecule has 2 N–H and O–H groups in total. The number of hydrogen-bond donors (Lipinski definition) is 2. The second-order valence-corrected chi connectivity index (χ2v) is 8.33. The van der Waals surface area contributed by atoms with Crippen molar-refractivity contribution in [3.63, 3.8) is 0 Å². The normalized spacial score (nSPS) is 10.9. The first-order chi connectivity index (χ1) is 15.8. The first-order valence-corrected chi connectivity index (χ1v) is 11.2. The molecule has 6 nitrogen and oxygen atoms in total. The molecule has 33 heavy (non-hydrogen) atoms. The lowest BCUT2D eigenvalue weighted by atomic mass is 9.98. The van der Waals surface area contributed by atoms with E-state index in [0.717, 1.165) is 0 Å². The number of carboxylic acids is 1. The number of carbonyl (C=O) groups is 2. The molecule has 4 rings (SSSR count). The molecule has 1 heterocycles. The number of aromatic carboxylic acids is 1. The minimum atomic E-state index is -1.03. The molecule has 0 unspecified atom stereocenters. The molecule has 1 aromatic heterocycles. The smallest absolute Gasteiger partial charge is 0.336 e. The first kappa shape index (κ1) is 22.8. The summed E-state index contributed by atoms with van der Waals surface area (Å²) in [5.41, 5.74) is 2.69. The fourth-order valence-corrected chi connectivity index (χ4v) is 4.20. The Morgan fingerprint density at radius 2 is 1.79 bits per heavy atom. The molecule has 4 aromatic rings. The maximum Gasteiger partial charge on any atom is 0.336 e. The van der Waals surface area contributed by atoms with Gasteiger partial charge in [-0.3, -0.25) is 4.79 Å². The predicted molar refractivity (Wildman–Crippen MR) is 131 cm³/mol. The zero-order valence-corrected chi connectivity index (χ0v) is 19.9. The van der Waals surface area contributed by atoms with Crippen LogP contribution in [0.2, 0.25) is 0 Å². The highest BCUT2D eigenvalue weighted by atomic mass is 127. The highest BCUT2D eigenvalue weighted by Crippen LogP contribution is 2.41. The van der Waals surface area contributed by atoms with Gasteiger partial charge in [-0.25, -0.2) is 9.18 Å². The summed E-state index contributed by atoms with van der Waals surface area (Å²) in [7, 11) is 1.52. The number of fused-ring (bicyclic) bond motifs is 1. The summed E-state index contributed by atoms with van der Waals surface area (Å²) in [6.45, 7) is 2.22. The average Bonchev–Trinajstić information content (AvgIpc) is 3.17. The van der Waals surface area contributed by atoms with Gasteiger partial charge >= 0.3 is 5.97 Å². The molecule has 0 aliphatic carbocycles. The van der Waals surface area contributed by atoms with Gasteiger partial charge < -0.3 is 19.6 Å². The molecule has 0 saturated heterocycles. The number of nitrogens with one attached hydrogen (secondary N) is 1. The summed E-state index contributed by atoms with van der Waals surface area (Å²) < 4.78 is 25.9. The number of carbonyl (C=O) groups excluding carboxylic acids is 1. The van der Waals surface area contributed by atoms with Crippen LogP contribution in [0.1, 0.15) is 27.6 Å². The zero-order chi connectivity index (χ0) is 23.7. The van der Waals surface area contributed by atoms with Crippen molar-refractivity contribution in [2.45, 2.75) is 6.92 Å². The Morgan fingerprint density at radius 3 is 2.42 bits per heavy atom. The summed E-state index contributed by atoms with van der Waals surface area (Å²) in [6, 6.07) is 14.2. The second-order valence-electron chi connectivity index (χ2n) is 7.17. The number of hydrogen-bond acceptors (Lipinski definition) is 4. The van der Waals surface area contributed by atoms with E-state index in [1.54, 1.807) is 42.5 Å². The van der Waals surface area contributed by atoms with E-state index in [0.29, 0.717) is 54.9 Å². The Balaban J connectivity index is 2.01. The van der Waals surface area contributed by atoms with Crippen molar-refractivity contribution in [2.24, 2.45) is 0 Å². The molecular weight excluding hydrogens is 540 g/mol. The molecule has 0 spiro atoms. The van der Waals surface area contributed by atoms with Crippen LogP contribution in [0, 0.1) is 9.39 Å². The SMILES string of the molecule is CCOc1cc2oc(-c3ccc(F)cc3)c(C(=O)NC)c2cc1-c1ccc(I)c(C(=O)O)c1. The largest absolute Gasteiger partial charge is 0.493 e. The van der Waals surface area contributed by atoms with Gasteiger partial charge in [0.05, 0.1) is 17.7 Å². The molecule has 8 heteroatoms. The van der Waals surface area contributed by atoms with Crippen molar-refractivity contribution in [1.29, 1.82) is 0 Å². The van der Waals surface area contributed by atoms with Gasteiger partial charge in [-0.2, -0.15) is 0 Å². The predicted octanol–water partition coefficient (Wildman–Crippen LogP) is 5.97. The van der Waals surface area contributed by atoms with E-state index in [9.17, 15) is 19.1 Å². The fraction of sp³-hybridized carbons (Fsp3) is 0.120. The number of carboxylic acid groups (broad SMARTS) is 1. The van der Waals surface area contributed by atoms with Crippen LogP contribution >= 0.6 is 22.6 Å². The van der Waals surface area contributed by atoms with Gasteiger partial charge in [0.25, 0.3) is 5.91 Å². The average molecular weight is 559 g/mol. The highest BCUT2D eigenvalue weighted by Gasteiger charge is 2.24. The van der Waals surface area contributed by atoms with E-state index < -0.39 is 11.8 Å². The van der Waals surface area contributed by atoms with Crippen LogP contribution in [0.15, 0.2) is 59.0 Å². The third-order valence-corrected chi connectivity index (χ3v) is 6.10. The van der Waals surface area contributed by atoms with Crippen LogP contribution in [0.5, 0.6) is 5.75 Å². The fourth-order valence-electron chi connectivity index (χ4n) is 3.64. The van der Waals surface area contributed by atoms with Gasteiger partial charge in [0, 0.05) is 33.2 Å². The van der Waals surface area contributed by atoms with Gasteiger partial charge in [0.15, 0.2) is 0 Å². The highest BCUT2D eigenvalue weighted by molar-refractivity contribution is 14.1. The first-order valence-electron chi connectivity index (χ1n) is 10.1. The van der Waals surface area contributed by atoms with Gasteiger partial charge in [-0.05, 0) is 77.5 Å². The van der Waals surface area contributed by atoms with Crippen molar-refractivity contribution in [2.75, 3.05) is 13.7 Å². The van der Waals surface area contributed by atoms with E-state index in [4.69, 9.17) is 9.15 Å². The molecular formula is C25H19FINO5. The van der Waals surface area contributed by atoms with Crippen molar-refractivity contribution < 1.29 is 28.2 Å². The Hall–Kier alpha value is -3.40. The molecule has 0 atom stereocenters. The minimum Gasteiger partial charge on any atom is -0.493 e. The van der Waals surface area contributed by atoms with Gasteiger partial charge in [-0.15, -0.1) is 0 Å². The topological polar surface area (TPSA) is 88.8 Å². The van der Waals surface area contributed by atoms with Crippen molar-refractivity contribution in [3.8, 4) is 28.2 Å². The summed E-state index contributed by atoms with van der Waals surface area (Å²) in [6.07, 6.45) is 0. The molecule has 168 valence electrons. The van der Waals surface area contributed by atoms with Gasteiger partial charge in [-0.1, -0.05) is 6.07 Å². The number of ether oxygens (including phenoxy) is 1.